The largest absolute Gasteiger partial charge is 0.497 e. The molecule has 1 N–H and O–H groups in total. The van der Waals surface area contributed by atoms with E-state index < -0.39 is 0 Å². The Balaban J connectivity index is 2.53. The highest BCUT2D eigenvalue weighted by atomic mass is 79.9. The van der Waals surface area contributed by atoms with E-state index >= 15 is 0 Å². The van der Waals surface area contributed by atoms with E-state index in [1.54, 1.807) is 14.2 Å². The van der Waals surface area contributed by atoms with E-state index in [0.717, 1.165) is 27.1 Å². The summed E-state index contributed by atoms with van der Waals surface area (Å²) >= 11 is 9.88. The summed E-state index contributed by atoms with van der Waals surface area (Å²) in [4.78, 5) is 0. The Morgan fingerprint density at radius 1 is 1.10 bits per heavy atom. The van der Waals surface area contributed by atoms with E-state index in [-0.39, 0.29) is 6.04 Å². The average molecular weight is 371 g/mol. The van der Waals surface area contributed by atoms with Crippen LogP contribution in [0, 0.1) is 0 Å². The molecule has 0 radical (unpaired) electrons. The third kappa shape index (κ3) is 3.34. The minimum atomic E-state index is -0.0733. The normalized spacial score (nSPS) is 12.0. The van der Waals surface area contributed by atoms with Crippen LogP contribution in [0.4, 0.5) is 0 Å². The Kier molecular flexibility index (Phi) is 5.51. The van der Waals surface area contributed by atoms with Gasteiger partial charge in [0, 0.05) is 16.1 Å². The zero-order valence-electron chi connectivity index (χ0n) is 12.1. The van der Waals surface area contributed by atoms with Gasteiger partial charge in [-0.05, 0) is 46.7 Å². The zero-order chi connectivity index (χ0) is 15.4. The molecule has 5 heteroatoms. The summed E-state index contributed by atoms with van der Waals surface area (Å²) in [5, 5.41) is 3.98. The van der Waals surface area contributed by atoms with Crippen LogP contribution in [-0.2, 0) is 0 Å². The van der Waals surface area contributed by atoms with E-state index in [4.69, 9.17) is 21.1 Å². The Labute approximate surface area is 138 Å². The van der Waals surface area contributed by atoms with Crippen LogP contribution in [0.15, 0.2) is 40.9 Å². The molecule has 112 valence electrons. The molecule has 0 aromatic heterocycles. The van der Waals surface area contributed by atoms with Crippen LogP contribution >= 0.6 is 27.5 Å². The first-order chi connectivity index (χ1) is 10.1. The molecule has 0 saturated heterocycles. The van der Waals surface area contributed by atoms with Crippen molar-refractivity contribution in [1.29, 1.82) is 0 Å². The van der Waals surface area contributed by atoms with Crippen molar-refractivity contribution in [2.45, 2.75) is 6.04 Å². The number of hydrogen-bond donors (Lipinski definition) is 1. The number of halogens is 2. The maximum atomic E-state index is 6.42. The molecule has 0 aliphatic heterocycles. The zero-order valence-corrected chi connectivity index (χ0v) is 14.5. The number of rotatable bonds is 5. The molecular formula is C16H17BrClNO2. The molecule has 0 aliphatic rings. The molecule has 21 heavy (non-hydrogen) atoms. The number of nitrogens with one attached hydrogen (secondary N) is 1. The number of benzene rings is 2. The number of ether oxygens (including phenoxy) is 2. The van der Waals surface area contributed by atoms with E-state index in [1.165, 1.54) is 0 Å². The first kappa shape index (κ1) is 16.1. The lowest BCUT2D eigenvalue weighted by atomic mass is 9.97. The van der Waals surface area contributed by atoms with Crippen molar-refractivity contribution in [2.24, 2.45) is 0 Å². The summed E-state index contributed by atoms with van der Waals surface area (Å²) < 4.78 is 11.6. The molecule has 0 heterocycles. The first-order valence-electron chi connectivity index (χ1n) is 6.45. The van der Waals surface area contributed by atoms with Gasteiger partial charge in [-0.25, -0.2) is 0 Å². The fraction of sp³-hybridized carbons (Fsp3) is 0.250. The highest BCUT2D eigenvalue weighted by molar-refractivity contribution is 9.10. The Morgan fingerprint density at radius 3 is 2.48 bits per heavy atom. The van der Waals surface area contributed by atoms with Gasteiger partial charge in [-0.15, -0.1) is 0 Å². The average Bonchev–Trinajstić information content (AvgIpc) is 2.52. The van der Waals surface area contributed by atoms with Crippen molar-refractivity contribution >= 4 is 27.5 Å². The fourth-order valence-corrected chi connectivity index (χ4v) is 2.90. The predicted octanol–water partition coefficient (Wildman–Crippen LogP) is 4.43. The molecule has 2 aromatic rings. The SMILES string of the molecule is CNC(c1ccc(OC)cc1OC)c1cccc(Br)c1Cl. The molecular weight excluding hydrogens is 354 g/mol. The quantitative estimate of drug-likeness (QED) is 0.844. The number of methoxy groups -OCH3 is 2. The van der Waals surface area contributed by atoms with Crippen LogP contribution in [-0.4, -0.2) is 21.3 Å². The van der Waals surface area contributed by atoms with Gasteiger partial charge >= 0.3 is 0 Å². The van der Waals surface area contributed by atoms with Gasteiger partial charge in [-0.2, -0.15) is 0 Å². The van der Waals surface area contributed by atoms with Crippen LogP contribution in [0.25, 0.3) is 0 Å². The summed E-state index contributed by atoms with van der Waals surface area (Å²) in [5.41, 5.74) is 1.98. The predicted molar refractivity (Wildman–Crippen MR) is 89.6 cm³/mol. The highest BCUT2D eigenvalue weighted by Gasteiger charge is 2.20. The molecule has 2 aromatic carbocycles. The van der Waals surface area contributed by atoms with Gasteiger partial charge in [0.05, 0.1) is 25.3 Å². The maximum absolute atomic E-state index is 6.42. The van der Waals surface area contributed by atoms with Crippen LogP contribution in [0.1, 0.15) is 17.2 Å². The molecule has 1 unspecified atom stereocenters. The van der Waals surface area contributed by atoms with Crippen molar-refractivity contribution in [2.75, 3.05) is 21.3 Å². The highest BCUT2D eigenvalue weighted by Crippen LogP contribution is 2.37. The maximum Gasteiger partial charge on any atom is 0.127 e. The minimum absolute atomic E-state index is 0.0733. The third-order valence-electron chi connectivity index (χ3n) is 3.33. The van der Waals surface area contributed by atoms with Gasteiger partial charge in [-0.3, -0.25) is 0 Å². The molecule has 1 atom stereocenters. The smallest absolute Gasteiger partial charge is 0.127 e. The van der Waals surface area contributed by atoms with Crippen molar-refractivity contribution in [1.82, 2.24) is 5.32 Å². The van der Waals surface area contributed by atoms with Crippen molar-refractivity contribution in [3.8, 4) is 11.5 Å². The van der Waals surface area contributed by atoms with Gasteiger partial charge in [0.1, 0.15) is 11.5 Å². The summed E-state index contributed by atoms with van der Waals surface area (Å²) in [6, 6.07) is 11.6. The second kappa shape index (κ2) is 7.16. The molecule has 2 rings (SSSR count). The Morgan fingerprint density at radius 2 is 1.86 bits per heavy atom. The summed E-state index contributed by atoms with van der Waals surface area (Å²) in [6.07, 6.45) is 0. The molecule has 0 aliphatic carbocycles. The Bertz CT molecular complexity index is 634. The standard InChI is InChI=1S/C16H17BrClNO2/c1-19-16(12-5-4-6-13(17)15(12)18)11-8-7-10(20-2)9-14(11)21-3/h4-9,16,19H,1-3H3. The molecule has 0 spiro atoms. The fourth-order valence-electron chi connectivity index (χ4n) is 2.28. The first-order valence-corrected chi connectivity index (χ1v) is 7.62. The van der Waals surface area contributed by atoms with Crippen molar-refractivity contribution < 1.29 is 9.47 Å². The van der Waals surface area contributed by atoms with E-state index in [2.05, 4.69) is 21.2 Å². The molecule has 0 saturated carbocycles. The monoisotopic (exact) mass is 369 g/mol. The molecule has 0 fully saturated rings. The van der Waals surface area contributed by atoms with Gasteiger partial charge in [0.2, 0.25) is 0 Å². The van der Waals surface area contributed by atoms with Gasteiger partial charge < -0.3 is 14.8 Å². The minimum Gasteiger partial charge on any atom is -0.497 e. The van der Waals surface area contributed by atoms with E-state index in [1.807, 2.05) is 43.4 Å². The van der Waals surface area contributed by atoms with Gasteiger partial charge in [0.15, 0.2) is 0 Å². The molecule has 0 bridgehead atoms. The lowest BCUT2D eigenvalue weighted by molar-refractivity contribution is 0.388. The van der Waals surface area contributed by atoms with Crippen LogP contribution in [0.3, 0.4) is 0 Å². The molecule has 0 amide bonds. The second-order valence-corrected chi connectivity index (χ2v) is 5.70. The molecule has 3 nitrogen and oxygen atoms in total. The van der Waals surface area contributed by atoms with Crippen LogP contribution in [0.2, 0.25) is 5.02 Å². The number of hydrogen-bond acceptors (Lipinski definition) is 3. The van der Waals surface area contributed by atoms with E-state index in [9.17, 15) is 0 Å². The van der Waals surface area contributed by atoms with Crippen molar-refractivity contribution in [3.63, 3.8) is 0 Å². The van der Waals surface area contributed by atoms with Crippen LogP contribution in [0.5, 0.6) is 11.5 Å². The van der Waals surface area contributed by atoms with Crippen molar-refractivity contribution in [3.05, 3.63) is 57.0 Å². The van der Waals surface area contributed by atoms with E-state index in [0.29, 0.717) is 5.02 Å². The summed E-state index contributed by atoms with van der Waals surface area (Å²) in [7, 11) is 5.17. The summed E-state index contributed by atoms with van der Waals surface area (Å²) in [5.74, 6) is 1.51. The van der Waals surface area contributed by atoms with Gasteiger partial charge in [0.25, 0.3) is 0 Å². The lowest BCUT2D eigenvalue weighted by Crippen LogP contribution is -2.19. The topological polar surface area (TPSA) is 30.5 Å². The Hall–Kier alpha value is -1.23. The second-order valence-electron chi connectivity index (χ2n) is 4.47. The lowest BCUT2D eigenvalue weighted by Gasteiger charge is -2.21. The third-order valence-corrected chi connectivity index (χ3v) is 4.64. The van der Waals surface area contributed by atoms with Crippen LogP contribution < -0.4 is 14.8 Å². The van der Waals surface area contributed by atoms with Gasteiger partial charge in [-0.1, -0.05) is 23.7 Å². The summed E-state index contributed by atoms with van der Waals surface area (Å²) in [6.45, 7) is 0.